The van der Waals surface area contributed by atoms with Gasteiger partial charge in [0.15, 0.2) is 0 Å². The number of methoxy groups -OCH3 is 1. The Morgan fingerprint density at radius 3 is 2.55 bits per heavy atom. The van der Waals surface area contributed by atoms with E-state index in [1.807, 2.05) is 12.1 Å². The first-order chi connectivity index (χ1) is 9.74. The van der Waals surface area contributed by atoms with Gasteiger partial charge in [0.05, 0.1) is 12.8 Å². The molecule has 0 aromatic heterocycles. The summed E-state index contributed by atoms with van der Waals surface area (Å²) < 4.78 is 5.46. The molecule has 0 aliphatic carbocycles. The van der Waals surface area contributed by atoms with E-state index in [1.54, 1.807) is 7.11 Å². The molecule has 1 N–H and O–H groups in total. The number of para-hydroxylation sites is 2. The Kier molecular flexibility index (Phi) is 5.68. The number of nitrogens with zero attached hydrogens (tertiary/aromatic N) is 2. The highest BCUT2D eigenvalue weighted by molar-refractivity contribution is 5.58. The molecule has 0 amide bonds. The Morgan fingerprint density at radius 1 is 1.20 bits per heavy atom. The average molecular weight is 277 g/mol. The normalized spacial score (nSPS) is 18.1. The van der Waals surface area contributed by atoms with E-state index in [-0.39, 0.29) is 0 Å². The number of hydrogen-bond donors (Lipinski definition) is 1. The van der Waals surface area contributed by atoms with Crippen molar-refractivity contribution in [1.82, 2.24) is 10.2 Å². The molecule has 1 aromatic rings. The fraction of sp³-hybridized carbons (Fsp3) is 0.625. The minimum atomic E-state index is 0.567. The number of ether oxygens (including phenoxy) is 1. The summed E-state index contributed by atoms with van der Waals surface area (Å²) in [6, 6.07) is 8.86. The number of anilines is 1. The van der Waals surface area contributed by atoms with Crippen LogP contribution in [0.15, 0.2) is 24.3 Å². The number of rotatable bonds is 6. The second kappa shape index (κ2) is 7.50. The maximum absolute atomic E-state index is 5.46. The molecule has 1 heterocycles. The first kappa shape index (κ1) is 15.1. The molecule has 0 radical (unpaired) electrons. The Morgan fingerprint density at radius 2 is 1.90 bits per heavy atom. The minimum Gasteiger partial charge on any atom is -0.495 e. The summed E-state index contributed by atoms with van der Waals surface area (Å²) >= 11 is 0. The van der Waals surface area contributed by atoms with Gasteiger partial charge in [0.2, 0.25) is 0 Å². The van der Waals surface area contributed by atoms with Gasteiger partial charge >= 0.3 is 0 Å². The molecule has 0 saturated carbocycles. The second-order valence-corrected chi connectivity index (χ2v) is 5.42. The summed E-state index contributed by atoms with van der Waals surface area (Å²) in [7, 11) is 1.74. The third kappa shape index (κ3) is 3.87. The first-order valence-corrected chi connectivity index (χ1v) is 7.58. The molecule has 0 spiro atoms. The maximum atomic E-state index is 5.46. The van der Waals surface area contributed by atoms with Crippen LogP contribution in [0.1, 0.15) is 13.8 Å². The highest BCUT2D eigenvalue weighted by atomic mass is 16.5. The van der Waals surface area contributed by atoms with Crippen molar-refractivity contribution in [2.45, 2.75) is 19.9 Å². The number of nitrogens with one attached hydrogen (secondary N) is 1. The zero-order valence-electron chi connectivity index (χ0n) is 12.9. The van der Waals surface area contributed by atoms with Crippen LogP contribution in [0.5, 0.6) is 5.75 Å². The van der Waals surface area contributed by atoms with E-state index in [0.29, 0.717) is 6.04 Å². The lowest BCUT2D eigenvalue weighted by molar-refractivity contribution is 0.234. The number of hydrogen-bond acceptors (Lipinski definition) is 4. The predicted octanol–water partition coefficient (Wildman–Crippen LogP) is 1.82. The Hall–Kier alpha value is -1.26. The van der Waals surface area contributed by atoms with Gasteiger partial charge in [-0.2, -0.15) is 0 Å². The van der Waals surface area contributed by atoms with Crippen LogP contribution in [0.4, 0.5) is 5.69 Å². The zero-order chi connectivity index (χ0) is 14.4. The van der Waals surface area contributed by atoms with Crippen LogP contribution in [0, 0.1) is 0 Å². The first-order valence-electron chi connectivity index (χ1n) is 7.58. The van der Waals surface area contributed by atoms with Crippen molar-refractivity contribution in [2.75, 3.05) is 51.3 Å². The molecule has 1 aliphatic rings. The van der Waals surface area contributed by atoms with E-state index in [0.717, 1.165) is 45.0 Å². The molecule has 1 unspecified atom stereocenters. The van der Waals surface area contributed by atoms with Crippen LogP contribution >= 0.6 is 0 Å². The fourth-order valence-electron chi connectivity index (χ4n) is 2.86. The average Bonchev–Trinajstić information content (AvgIpc) is 2.48. The van der Waals surface area contributed by atoms with E-state index in [4.69, 9.17) is 4.74 Å². The van der Waals surface area contributed by atoms with Crippen LogP contribution in [0.25, 0.3) is 0 Å². The highest BCUT2D eigenvalue weighted by Crippen LogP contribution is 2.28. The van der Waals surface area contributed by atoms with Gasteiger partial charge in [-0.05, 0) is 25.6 Å². The molecule has 20 heavy (non-hydrogen) atoms. The smallest absolute Gasteiger partial charge is 0.142 e. The quantitative estimate of drug-likeness (QED) is 0.858. The van der Waals surface area contributed by atoms with Gasteiger partial charge in [-0.15, -0.1) is 0 Å². The van der Waals surface area contributed by atoms with E-state index in [9.17, 15) is 0 Å². The Labute approximate surface area is 122 Å². The van der Waals surface area contributed by atoms with Gasteiger partial charge in [0.25, 0.3) is 0 Å². The molecule has 4 nitrogen and oxygen atoms in total. The van der Waals surface area contributed by atoms with E-state index < -0.39 is 0 Å². The number of benzene rings is 1. The molecule has 4 heteroatoms. The van der Waals surface area contributed by atoms with Crippen molar-refractivity contribution in [2.24, 2.45) is 0 Å². The second-order valence-electron chi connectivity index (χ2n) is 5.42. The van der Waals surface area contributed by atoms with Crippen LogP contribution < -0.4 is 15.0 Å². The van der Waals surface area contributed by atoms with Crippen LogP contribution in [-0.4, -0.2) is 57.3 Å². The van der Waals surface area contributed by atoms with E-state index in [1.165, 1.54) is 5.69 Å². The van der Waals surface area contributed by atoms with Crippen LogP contribution in [0.2, 0.25) is 0 Å². The van der Waals surface area contributed by atoms with Gasteiger partial charge < -0.3 is 15.0 Å². The highest BCUT2D eigenvalue weighted by Gasteiger charge is 2.20. The summed E-state index contributed by atoms with van der Waals surface area (Å²) in [5, 5.41) is 3.48. The summed E-state index contributed by atoms with van der Waals surface area (Å²) in [6.07, 6.45) is 0. The van der Waals surface area contributed by atoms with Gasteiger partial charge in [0, 0.05) is 38.8 Å². The van der Waals surface area contributed by atoms with Crippen molar-refractivity contribution in [3.63, 3.8) is 0 Å². The third-order valence-electron chi connectivity index (χ3n) is 3.88. The van der Waals surface area contributed by atoms with Crippen molar-refractivity contribution >= 4 is 5.69 Å². The molecule has 0 bridgehead atoms. The summed E-state index contributed by atoms with van der Waals surface area (Å²) in [4.78, 5) is 4.96. The van der Waals surface area contributed by atoms with Gasteiger partial charge in [-0.25, -0.2) is 0 Å². The molecular weight excluding hydrogens is 250 g/mol. The third-order valence-corrected chi connectivity index (χ3v) is 3.88. The lowest BCUT2D eigenvalue weighted by Crippen LogP contribution is -2.50. The minimum absolute atomic E-state index is 0.567. The maximum Gasteiger partial charge on any atom is 0.142 e. The Bertz CT molecular complexity index is 402. The van der Waals surface area contributed by atoms with Gasteiger partial charge in [-0.3, -0.25) is 4.90 Å². The number of piperazine rings is 1. The number of likely N-dealkylation sites (N-methyl/N-ethyl adjacent to an activating group) is 1. The molecule has 1 aliphatic heterocycles. The SMILES string of the molecule is CCNC(C)CN1CCN(c2ccccc2OC)CC1. The standard InChI is InChI=1S/C16H27N3O/c1-4-17-14(2)13-18-9-11-19(12-10-18)15-7-5-6-8-16(15)20-3/h5-8,14,17H,4,9-13H2,1-3H3. The monoisotopic (exact) mass is 277 g/mol. The van der Waals surface area contributed by atoms with Gasteiger partial charge in [0.1, 0.15) is 5.75 Å². The molecule has 1 aromatic carbocycles. The molecule has 2 rings (SSSR count). The summed E-state index contributed by atoms with van der Waals surface area (Å²) in [5.41, 5.74) is 1.22. The van der Waals surface area contributed by atoms with Crippen LogP contribution in [0.3, 0.4) is 0 Å². The van der Waals surface area contributed by atoms with E-state index >= 15 is 0 Å². The fourth-order valence-corrected chi connectivity index (χ4v) is 2.86. The van der Waals surface area contributed by atoms with Gasteiger partial charge in [-0.1, -0.05) is 19.1 Å². The van der Waals surface area contributed by atoms with E-state index in [2.05, 4.69) is 41.1 Å². The zero-order valence-corrected chi connectivity index (χ0v) is 12.9. The summed E-state index contributed by atoms with van der Waals surface area (Å²) in [5.74, 6) is 0.974. The lowest BCUT2D eigenvalue weighted by atomic mass is 10.2. The van der Waals surface area contributed by atoms with Crippen LogP contribution in [-0.2, 0) is 0 Å². The molecular formula is C16H27N3O. The molecule has 1 saturated heterocycles. The molecule has 1 fully saturated rings. The molecule has 1 atom stereocenters. The largest absolute Gasteiger partial charge is 0.495 e. The van der Waals surface area contributed by atoms with Crippen molar-refractivity contribution < 1.29 is 4.74 Å². The topological polar surface area (TPSA) is 27.7 Å². The predicted molar refractivity (Wildman–Crippen MR) is 84.8 cm³/mol. The Balaban J connectivity index is 1.88. The van der Waals surface area contributed by atoms with Crippen molar-refractivity contribution in [3.8, 4) is 5.75 Å². The lowest BCUT2D eigenvalue weighted by Gasteiger charge is -2.37. The summed E-state index contributed by atoms with van der Waals surface area (Å²) in [6.45, 7) is 11.0. The van der Waals surface area contributed by atoms with Crippen molar-refractivity contribution in [3.05, 3.63) is 24.3 Å². The van der Waals surface area contributed by atoms with Crippen molar-refractivity contribution in [1.29, 1.82) is 0 Å². The molecule has 112 valence electrons.